The first-order valence-corrected chi connectivity index (χ1v) is 7.95. The van der Waals surface area contributed by atoms with E-state index in [4.69, 9.17) is 19.9 Å². The number of imidazole rings is 1. The summed E-state index contributed by atoms with van der Waals surface area (Å²) in [6.45, 7) is 4.39. The first-order chi connectivity index (χ1) is 11.7. The van der Waals surface area contributed by atoms with E-state index in [1.165, 1.54) is 0 Å². The van der Waals surface area contributed by atoms with Gasteiger partial charge in [0.25, 0.3) is 0 Å². The molecule has 1 aliphatic rings. The molecule has 0 saturated carbocycles. The zero-order valence-corrected chi connectivity index (χ0v) is 13.5. The fourth-order valence-electron chi connectivity index (χ4n) is 2.88. The summed E-state index contributed by atoms with van der Waals surface area (Å²) in [5.41, 5.74) is 8.34. The highest BCUT2D eigenvalue weighted by Crippen LogP contribution is 2.34. The molecule has 0 saturated heterocycles. The number of aromatic nitrogens is 2. The maximum atomic E-state index is 5.79. The number of ether oxygens (including phenoxy) is 3. The zero-order chi connectivity index (χ0) is 16.5. The van der Waals surface area contributed by atoms with Gasteiger partial charge < -0.3 is 24.5 Å². The van der Waals surface area contributed by atoms with Gasteiger partial charge in [-0.3, -0.25) is 0 Å². The molecule has 6 nitrogen and oxygen atoms in total. The molecule has 0 fully saturated rings. The minimum atomic E-state index is 0.546. The lowest BCUT2D eigenvalue weighted by Crippen LogP contribution is -2.15. The summed E-state index contributed by atoms with van der Waals surface area (Å²) < 4.78 is 19.2. The Morgan fingerprint density at radius 1 is 1.12 bits per heavy atom. The molecule has 124 valence electrons. The van der Waals surface area contributed by atoms with Crippen molar-refractivity contribution in [3.8, 4) is 17.2 Å². The quantitative estimate of drug-likeness (QED) is 0.747. The zero-order valence-electron chi connectivity index (χ0n) is 13.5. The molecule has 0 spiro atoms. The van der Waals surface area contributed by atoms with Crippen LogP contribution in [0.5, 0.6) is 17.2 Å². The SMILES string of the molecule is Cc1nc2cc3c(cc2n1CCOc1ccc(N)cc1)OCCO3. The second-order valence-corrected chi connectivity index (χ2v) is 5.71. The van der Waals surface area contributed by atoms with Gasteiger partial charge in [0, 0.05) is 17.8 Å². The van der Waals surface area contributed by atoms with Crippen LogP contribution in [0.4, 0.5) is 5.69 Å². The maximum absolute atomic E-state index is 5.79. The third kappa shape index (κ3) is 2.71. The molecular formula is C18H19N3O3. The van der Waals surface area contributed by atoms with Gasteiger partial charge in [0.2, 0.25) is 0 Å². The van der Waals surface area contributed by atoms with E-state index in [1.807, 2.05) is 43.3 Å². The molecule has 24 heavy (non-hydrogen) atoms. The van der Waals surface area contributed by atoms with E-state index in [9.17, 15) is 0 Å². The summed E-state index contributed by atoms with van der Waals surface area (Å²) in [5, 5.41) is 0. The van der Waals surface area contributed by atoms with E-state index in [2.05, 4.69) is 9.55 Å². The molecule has 4 rings (SSSR count). The van der Waals surface area contributed by atoms with Crippen molar-refractivity contribution in [1.29, 1.82) is 0 Å². The highest BCUT2D eigenvalue weighted by Gasteiger charge is 2.16. The molecule has 1 aromatic heterocycles. The minimum Gasteiger partial charge on any atom is -0.492 e. The van der Waals surface area contributed by atoms with Crippen molar-refractivity contribution in [1.82, 2.24) is 9.55 Å². The van der Waals surface area contributed by atoms with E-state index in [0.29, 0.717) is 26.4 Å². The molecule has 6 heteroatoms. The number of fused-ring (bicyclic) bond motifs is 2. The van der Waals surface area contributed by atoms with Gasteiger partial charge in [-0.05, 0) is 31.2 Å². The summed E-state index contributed by atoms with van der Waals surface area (Å²) in [5.74, 6) is 3.28. The van der Waals surface area contributed by atoms with Gasteiger partial charge in [-0.25, -0.2) is 4.98 Å². The van der Waals surface area contributed by atoms with Crippen LogP contribution in [0.15, 0.2) is 36.4 Å². The summed E-state index contributed by atoms with van der Waals surface area (Å²) >= 11 is 0. The topological polar surface area (TPSA) is 71.5 Å². The van der Waals surface area contributed by atoms with Crippen LogP contribution in [-0.2, 0) is 6.54 Å². The molecule has 2 aromatic carbocycles. The van der Waals surface area contributed by atoms with Crippen LogP contribution >= 0.6 is 0 Å². The number of hydrogen-bond acceptors (Lipinski definition) is 5. The molecule has 0 atom stereocenters. The van der Waals surface area contributed by atoms with Crippen molar-refractivity contribution in [2.24, 2.45) is 0 Å². The Morgan fingerprint density at radius 2 is 1.83 bits per heavy atom. The lowest BCUT2D eigenvalue weighted by molar-refractivity contribution is 0.172. The fourth-order valence-corrected chi connectivity index (χ4v) is 2.88. The third-order valence-corrected chi connectivity index (χ3v) is 4.07. The Bertz CT molecular complexity index is 871. The molecule has 0 amide bonds. The van der Waals surface area contributed by atoms with Gasteiger partial charge >= 0.3 is 0 Å². The second kappa shape index (κ2) is 5.96. The van der Waals surface area contributed by atoms with Crippen LogP contribution in [0, 0.1) is 6.92 Å². The van der Waals surface area contributed by atoms with E-state index in [-0.39, 0.29) is 0 Å². The average Bonchev–Trinajstić information content (AvgIpc) is 2.89. The molecule has 0 aliphatic carbocycles. The van der Waals surface area contributed by atoms with Crippen LogP contribution in [0.2, 0.25) is 0 Å². The second-order valence-electron chi connectivity index (χ2n) is 5.71. The number of hydrogen-bond donors (Lipinski definition) is 1. The highest BCUT2D eigenvalue weighted by molar-refractivity contribution is 5.80. The van der Waals surface area contributed by atoms with Crippen molar-refractivity contribution in [2.75, 3.05) is 25.6 Å². The maximum Gasteiger partial charge on any atom is 0.163 e. The van der Waals surface area contributed by atoms with E-state index < -0.39 is 0 Å². The van der Waals surface area contributed by atoms with E-state index in [1.54, 1.807) is 0 Å². The largest absolute Gasteiger partial charge is 0.492 e. The average molecular weight is 325 g/mol. The summed E-state index contributed by atoms with van der Waals surface area (Å²) in [4.78, 5) is 4.61. The minimum absolute atomic E-state index is 0.546. The third-order valence-electron chi connectivity index (χ3n) is 4.07. The normalized spacial score (nSPS) is 13.2. The number of anilines is 1. The van der Waals surface area contributed by atoms with Crippen LogP contribution in [-0.4, -0.2) is 29.4 Å². The van der Waals surface area contributed by atoms with E-state index >= 15 is 0 Å². The van der Waals surface area contributed by atoms with Crippen molar-refractivity contribution >= 4 is 16.7 Å². The Kier molecular flexibility index (Phi) is 3.65. The Hall–Kier alpha value is -2.89. The number of nitrogen functional groups attached to an aromatic ring is 1. The standard InChI is InChI=1S/C18H19N3O3/c1-12-20-15-10-17-18(24-9-8-23-17)11-16(15)21(12)6-7-22-14-4-2-13(19)3-5-14/h2-5,10-11H,6-9,19H2,1H3. The Balaban J connectivity index is 1.55. The van der Waals surface area contributed by atoms with Crippen LogP contribution < -0.4 is 19.9 Å². The summed E-state index contributed by atoms with van der Waals surface area (Å²) in [6, 6.07) is 11.3. The van der Waals surface area contributed by atoms with Crippen molar-refractivity contribution in [2.45, 2.75) is 13.5 Å². The molecule has 2 heterocycles. The Morgan fingerprint density at radius 3 is 2.58 bits per heavy atom. The summed E-state index contributed by atoms with van der Waals surface area (Å²) in [7, 11) is 0. The smallest absolute Gasteiger partial charge is 0.163 e. The van der Waals surface area contributed by atoms with Crippen LogP contribution in [0.1, 0.15) is 5.82 Å². The van der Waals surface area contributed by atoms with E-state index in [0.717, 1.165) is 39.8 Å². The molecule has 2 N–H and O–H groups in total. The molecule has 0 unspecified atom stereocenters. The van der Waals surface area contributed by atoms with Gasteiger partial charge in [0.1, 0.15) is 31.4 Å². The number of benzene rings is 2. The van der Waals surface area contributed by atoms with Crippen molar-refractivity contribution in [3.05, 3.63) is 42.2 Å². The van der Waals surface area contributed by atoms with Gasteiger partial charge in [-0.15, -0.1) is 0 Å². The molecule has 3 aromatic rings. The Labute approximate surface area is 139 Å². The predicted octanol–water partition coefficient (Wildman–Crippen LogP) is 2.78. The molecule has 0 bridgehead atoms. The summed E-state index contributed by atoms with van der Waals surface area (Å²) in [6.07, 6.45) is 0. The van der Waals surface area contributed by atoms with Gasteiger partial charge in [0.05, 0.1) is 17.6 Å². The lowest BCUT2D eigenvalue weighted by Gasteiger charge is -2.18. The van der Waals surface area contributed by atoms with Crippen LogP contribution in [0.25, 0.3) is 11.0 Å². The monoisotopic (exact) mass is 325 g/mol. The van der Waals surface area contributed by atoms with Gasteiger partial charge in [0.15, 0.2) is 11.5 Å². The number of rotatable bonds is 4. The highest BCUT2D eigenvalue weighted by atomic mass is 16.6. The first kappa shape index (κ1) is 14.7. The van der Waals surface area contributed by atoms with Gasteiger partial charge in [-0.2, -0.15) is 0 Å². The molecule has 1 aliphatic heterocycles. The molecular weight excluding hydrogens is 306 g/mol. The number of nitrogens with zero attached hydrogens (tertiary/aromatic N) is 2. The number of nitrogens with two attached hydrogens (primary N) is 1. The van der Waals surface area contributed by atoms with Crippen molar-refractivity contribution < 1.29 is 14.2 Å². The van der Waals surface area contributed by atoms with Crippen LogP contribution in [0.3, 0.4) is 0 Å². The lowest BCUT2D eigenvalue weighted by atomic mass is 10.2. The predicted molar refractivity (Wildman–Crippen MR) is 91.8 cm³/mol. The first-order valence-electron chi connectivity index (χ1n) is 7.95. The van der Waals surface area contributed by atoms with Crippen molar-refractivity contribution in [3.63, 3.8) is 0 Å². The molecule has 0 radical (unpaired) electrons. The fraction of sp³-hybridized carbons (Fsp3) is 0.278. The van der Waals surface area contributed by atoms with Gasteiger partial charge in [-0.1, -0.05) is 0 Å². The number of aryl methyl sites for hydroxylation is 1.